The highest BCUT2D eigenvalue weighted by molar-refractivity contribution is 7.65. The van der Waals surface area contributed by atoms with Gasteiger partial charge < -0.3 is 0 Å². The lowest BCUT2D eigenvalue weighted by molar-refractivity contribution is 1.05. The monoisotopic (exact) mass is 328 g/mol. The van der Waals surface area contributed by atoms with Crippen molar-refractivity contribution in [3.63, 3.8) is 0 Å². The van der Waals surface area contributed by atoms with Gasteiger partial charge in [0.05, 0.1) is 0 Å². The molecule has 1 unspecified atom stereocenters. The molecule has 84 valence electrons. The molecule has 0 saturated heterocycles. The number of hydrogen-bond donors (Lipinski definition) is 0. The van der Waals surface area contributed by atoms with Gasteiger partial charge in [0.15, 0.2) is 0 Å². The van der Waals surface area contributed by atoms with E-state index in [0.29, 0.717) is 12.1 Å². The minimum absolute atomic E-state index is 0.132. The van der Waals surface area contributed by atoms with Gasteiger partial charge in [-0.2, -0.15) is 0 Å². The van der Waals surface area contributed by atoms with E-state index in [4.69, 9.17) is 55.4 Å². The summed E-state index contributed by atoms with van der Waals surface area (Å²) >= 11 is 29.9. The molecule has 1 atom stereocenters. The highest BCUT2D eigenvalue weighted by Gasteiger charge is 2.39. The van der Waals surface area contributed by atoms with Crippen LogP contribution >= 0.6 is 55.4 Å². The van der Waals surface area contributed by atoms with Crippen LogP contribution in [0.15, 0.2) is 12.2 Å². The molecule has 0 bridgehead atoms. The van der Waals surface area contributed by atoms with Gasteiger partial charge >= 0.3 is 6.00 Å². The van der Waals surface area contributed by atoms with E-state index in [1.165, 1.54) is 0 Å². The fourth-order valence-corrected chi connectivity index (χ4v) is 9.88. The molecule has 0 heterocycles. The first-order valence-electron chi connectivity index (χ1n) is 4.16. The Morgan fingerprint density at radius 3 is 1.86 bits per heavy atom. The van der Waals surface area contributed by atoms with Gasteiger partial charge in [-0.1, -0.05) is 12.5 Å². The molecule has 0 aromatic rings. The summed E-state index contributed by atoms with van der Waals surface area (Å²) in [5.41, 5.74) is 1.12. The largest absolute Gasteiger partial charge is 0.341 e. The first kappa shape index (κ1) is 15.6. The van der Waals surface area contributed by atoms with Crippen LogP contribution in [0.25, 0.3) is 0 Å². The number of halogens is 5. The third-order valence-corrected chi connectivity index (χ3v) is 10.9. The Hall–Kier alpha value is 1.62. The molecule has 0 spiro atoms. The van der Waals surface area contributed by atoms with Crippen LogP contribution in [0.3, 0.4) is 0 Å². The quantitative estimate of drug-likeness (QED) is 0.353. The zero-order valence-electron chi connectivity index (χ0n) is 8.09. The zero-order chi connectivity index (χ0) is 11.6. The van der Waals surface area contributed by atoms with Crippen LogP contribution in [0, 0.1) is 0 Å². The summed E-state index contributed by atoms with van der Waals surface area (Å²) in [7, 11) is 0. The summed E-state index contributed by atoms with van der Waals surface area (Å²) in [5.74, 6) is 0. The third-order valence-electron chi connectivity index (χ3n) is 2.11. The summed E-state index contributed by atoms with van der Waals surface area (Å²) in [4.78, 5) is 0. The lowest BCUT2D eigenvalue weighted by Crippen LogP contribution is -2.28. The van der Waals surface area contributed by atoms with Crippen molar-refractivity contribution in [3.8, 4) is 0 Å². The average Bonchev–Trinajstić information content (AvgIpc) is 1.98. The molecule has 0 aromatic heterocycles. The van der Waals surface area contributed by atoms with Crippen molar-refractivity contribution in [3.05, 3.63) is 12.2 Å². The first-order valence-corrected chi connectivity index (χ1v) is 13.7. The number of allylic oxidation sites excluding steroid dienone is 1. The van der Waals surface area contributed by atoms with Crippen LogP contribution in [0.2, 0.25) is 17.6 Å². The van der Waals surface area contributed by atoms with E-state index in [1.807, 2.05) is 13.8 Å². The Balaban J connectivity index is 4.27. The molecule has 0 aliphatic carbocycles. The zero-order valence-corrected chi connectivity index (χ0v) is 13.9. The Labute approximate surface area is 111 Å². The normalized spacial score (nSPS) is 15.4. The van der Waals surface area contributed by atoms with E-state index >= 15 is 0 Å². The van der Waals surface area contributed by atoms with Gasteiger partial charge in [-0.15, -0.1) is 62.0 Å². The minimum Gasteiger partial charge on any atom is -0.145 e. The number of hydrogen-bond acceptors (Lipinski definition) is 0. The SMILES string of the molecule is C=C(C)C(C)[Si](Cl)(Cl)CC[Si](Cl)(Cl)Cl. The molecule has 0 amide bonds. The van der Waals surface area contributed by atoms with Crippen LogP contribution in [0.4, 0.5) is 0 Å². The molecule has 0 aliphatic rings. The van der Waals surface area contributed by atoms with Crippen molar-refractivity contribution in [2.75, 3.05) is 0 Å². The summed E-state index contributed by atoms with van der Waals surface area (Å²) in [6.45, 7) is 5.39. The maximum atomic E-state index is 6.28. The van der Waals surface area contributed by atoms with Crippen molar-refractivity contribution in [2.45, 2.75) is 31.5 Å². The second kappa shape index (κ2) is 5.80. The van der Waals surface area contributed by atoms with Crippen LogP contribution in [-0.2, 0) is 0 Å². The van der Waals surface area contributed by atoms with Gasteiger partial charge in [0, 0.05) is 0 Å². The molecule has 0 rings (SSSR count). The standard InChI is InChI=1S/C7H13Cl5Si2/c1-6(2)7(3)13(8,9)4-5-14(10,11)12/h7H,1,4-5H2,2-3H3. The maximum absolute atomic E-state index is 6.28. The molecule has 0 fully saturated rings. The molecule has 0 saturated carbocycles. The summed E-state index contributed by atoms with van der Waals surface area (Å²) in [5, 5.41) is 0. The van der Waals surface area contributed by atoms with Gasteiger partial charge in [-0.3, -0.25) is 0 Å². The highest BCUT2D eigenvalue weighted by Crippen LogP contribution is 2.41. The fraction of sp³-hybridized carbons (Fsp3) is 0.714. The predicted molar refractivity (Wildman–Crippen MR) is 74.6 cm³/mol. The van der Waals surface area contributed by atoms with Crippen LogP contribution in [0.5, 0.6) is 0 Å². The first-order chi connectivity index (χ1) is 6.06. The summed E-state index contributed by atoms with van der Waals surface area (Å²) in [6.07, 6.45) is 0. The van der Waals surface area contributed by atoms with Crippen molar-refractivity contribution in [2.24, 2.45) is 0 Å². The molecular formula is C7H13Cl5Si2. The molecule has 0 nitrogen and oxygen atoms in total. The van der Waals surface area contributed by atoms with Crippen molar-refractivity contribution >= 4 is 68.1 Å². The van der Waals surface area contributed by atoms with Gasteiger partial charge in [0.1, 0.15) is 0 Å². The lowest BCUT2D eigenvalue weighted by Gasteiger charge is -2.25. The van der Waals surface area contributed by atoms with Gasteiger partial charge in [-0.25, -0.2) is 0 Å². The average molecular weight is 331 g/mol. The Kier molecular flexibility index (Phi) is 6.48. The van der Waals surface area contributed by atoms with E-state index in [2.05, 4.69) is 6.58 Å². The molecule has 7 heteroatoms. The van der Waals surface area contributed by atoms with Gasteiger partial charge in [0.25, 0.3) is 6.69 Å². The molecule has 0 N–H and O–H groups in total. The van der Waals surface area contributed by atoms with Crippen LogP contribution in [-0.4, -0.2) is 12.7 Å². The van der Waals surface area contributed by atoms with E-state index < -0.39 is 12.7 Å². The number of rotatable bonds is 5. The van der Waals surface area contributed by atoms with Crippen molar-refractivity contribution in [1.82, 2.24) is 0 Å². The van der Waals surface area contributed by atoms with Gasteiger partial charge in [0.2, 0.25) is 0 Å². The topological polar surface area (TPSA) is 0 Å². The molecule has 0 aromatic carbocycles. The Morgan fingerprint density at radius 2 is 1.57 bits per heavy atom. The van der Waals surface area contributed by atoms with Crippen LogP contribution < -0.4 is 0 Å². The maximum Gasteiger partial charge on any atom is 0.341 e. The van der Waals surface area contributed by atoms with Crippen molar-refractivity contribution in [1.29, 1.82) is 0 Å². The molecule has 14 heavy (non-hydrogen) atoms. The second-order valence-electron chi connectivity index (χ2n) is 3.44. The lowest BCUT2D eigenvalue weighted by atomic mass is 10.3. The van der Waals surface area contributed by atoms with E-state index in [1.54, 1.807) is 0 Å². The summed E-state index contributed by atoms with van der Waals surface area (Å²) < 4.78 is 0. The minimum atomic E-state index is -2.59. The molecule has 0 radical (unpaired) electrons. The van der Waals surface area contributed by atoms with Crippen LogP contribution in [0.1, 0.15) is 13.8 Å². The predicted octanol–water partition coefficient (Wildman–Crippen LogP) is 5.53. The Bertz CT molecular complexity index is 211. The van der Waals surface area contributed by atoms with E-state index in [0.717, 1.165) is 5.57 Å². The highest BCUT2D eigenvalue weighted by atomic mass is 35.8. The van der Waals surface area contributed by atoms with E-state index in [9.17, 15) is 0 Å². The third kappa shape index (κ3) is 6.26. The Morgan fingerprint density at radius 1 is 1.14 bits per heavy atom. The van der Waals surface area contributed by atoms with Gasteiger partial charge in [-0.05, 0) is 24.6 Å². The molecule has 0 aliphatic heterocycles. The van der Waals surface area contributed by atoms with E-state index in [-0.39, 0.29) is 5.54 Å². The molecular weight excluding hydrogens is 318 g/mol. The fourth-order valence-electron chi connectivity index (χ4n) is 0.885. The smallest absolute Gasteiger partial charge is 0.145 e. The summed E-state index contributed by atoms with van der Waals surface area (Å²) in [6, 6.07) is -1.45. The van der Waals surface area contributed by atoms with Crippen molar-refractivity contribution < 1.29 is 0 Å². The second-order valence-corrected chi connectivity index (χ2v) is 20.2.